The summed E-state index contributed by atoms with van der Waals surface area (Å²) >= 11 is 0. The highest BCUT2D eigenvalue weighted by Gasteiger charge is 2.06. The molecule has 0 saturated carbocycles. The number of aliphatic hydroxyl groups is 1. The molecule has 2 aromatic rings. The molecule has 17 heavy (non-hydrogen) atoms. The Balaban J connectivity index is 1.95. The molecule has 0 aliphatic rings. The zero-order valence-electron chi connectivity index (χ0n) is 9.71. The Bertz CT molecular complexity index is 467. The van der Waals surface area contributed by atoms with Crippen LogP contribution in [0.2, 0.25) is 0 Å². The van der Waals surface area contributed by atoms with Crippen molar-refractivity contribution in [3.8, 4) is 0 Å². The number of nitrogens with two attached hydrogens (primary N) is 1. The Morgan fingerprint density at radius 2 is 1.76 bits per heavy atom. The lowest BCUT2D eigenvalue weighted by molar-refractivity contribution is 0.168. The van der Waals surface area contributed by atoms with Crippen LogP contribution in [0.4, 0.5) is 5.69 Å². The maximum absolute atomic E-state index is 10.0. The minimum Gasteiger partial charge on any atom is -0.399 e. The lowest BCUT2D eigenvalue weighted by Gasteiger charge is -2.10. The van der Waals surface area contributed by atoms with Crippen LogP contribution >= 0.6 is 0 Å². The number of hydrogen-bond acceptors (Lipinski definition) is 2. The molecule has 0 aliphatic heterocycles. The van der Waals surface area contributed by atoms with Gasteiger partial charge in [-0.2, -0.15) is 0 Å². The predicted octanol–water partition coefficient (Wildman–Crippen LogP) is 2.94. The lowest BCUT2D eigenvalue weighted by Crippen LogP contribution is -1.99. The van der Waals surface area contributed by atoms with Crippen molar-refractivity contribution in [1.29, 1.82) is 0 Å². The van der Waals surface area contributed by atoms with Crippen LogP contribution in [0.1, 0.15) is 23.7 Å². The number of nitrogen functional groups attached to an aromatic ring is 1. The van der Waals surface area contributed by atoms with Gasteiger partial charge in [-0.1, -0.05) is 42.5 Å². The molecule has 0 aliphatic carbocycles. The van der Waals surface area contributed by atoms with Crippen molar-refractivity contribution in [3.63, 3.8) is 0 Å². The fourth-order valence-corrected chi connectivity index (χ4v) is 1.89. The summed E-state index contributed by atoms with van der Waals surface area (Å²) in [7, 11) is 0. The van der Waals surface area contributed by atoms with Gasteiger partial charge in [0.1, 0.15) is 0 Å². The van der Waals surface area contributed by atoms with E-state index in [0.717, 1.165) is 17.7 Å². The van der Waals surface area contributed by atoms with E-state index >= 15 is 0 Å². The number of anilines is 1. The van der Waals surface area contributed by atoms with Gasteiger partial charge in [-0.25, -0.2) is 0 Å². The van der Waals surface area contributed by atoms with Crippen molar-refractivity contribution < 1.29 is 5.11 Å². The third kappa shape index (κ3) is 3.33. The van der Waals surface area contributed by atoms with Crippen molar-refractivity contribution in [2.75, 3.05) is 5.73 Å². The average molecular weight is 227 g/mol. The second kappa shape index (κ2) is 5.51. The Kier molecular flexibility index (Phi) is 3.78. The minimum atomic E-state index is -0.405. The lowest BCUT2D eigenvalue weighted by atomic mass is 10.0. The van der Waals surface area contributed by atoms with Crippen LogP contribution in [0.25, 0.3) is 0 Å². The summed E-state index contributed by atoms with van der Waals surface area (Å²) in [6, 6.07) is 17.5. The van der Waals surface area contributed by atoms with Crippen molar-refractivity contribution in [3.05, 3.63) is 65.7 Å². The minimum absolute atomic E-state index is 0.405. The first-order chi connectivity index (χ1) is 8.25. The normalized spacial score (nSPS) is 12.3. The molecule has 0 bridgehead atoms. The molecular weight excluding hydrogens is 210 g/mol. The summed E-state index contributed by atoms with van der Waals surface area (Å²) in [4.78, 5) is 0. The SMILES string of the molecule is Nc1cccc(CCC(O)c2ccccc2)c1. The molecule has 1 unspecified atom stereocenters. The van der Waals surface area contributed by atoms with Crippen LogP contribution in [0.15, 0.2) is 54.6 Å². The maximum atomic E-state index is 10.0. The molecule has 0 heterocycles. The molecule has 88 valence electrons. The average Bonchev–Trinajstić information content (AvgIpc) is 2.37. The van der Waals surface area contributed by atoms with Crippen molar-refractivity contribution in [1.82, 2.24) is 0 Å². The summed E-state index contributed by atoms with van der Waals surface area (Å²) in [5.74, 6) is 0. The van der Waals surface area contributed by atoms with E-state index in [1.165, 1.54) is 5.56 Å². The molecule has 0 amide bonds. The van der Waals surface area contributed by atoms with E-state index in [2.05, 4.69) is 0 Å². The second-order valence-electron chi connectivity index (χ2n) is 4.21. The second-order valence-corrected chi connectivity index (χ2v) is 4.21. The fourth-order valence-electron chi connectivity index (χ4n) is 1.89. The van der Waals surface area contributed by atoms with Gasteiger partial charge in [0.15, 0.2) is 0 Å². The van der Waals surface area contributed by atoms with Gasteiger partial charge in [-0.15, -0.1) is 0 Å². The smallest absolute Gasteiger partial charge is 0.0793 e. The third-order valence-electron chi connectivity index (χ3n) is 2.84. The summed E-state index contributed by atoms with van der Waals surface area (Å²) in [6.07, 6.45) is 1.15. The molecule has 3 N–H and O–H groups in total. The molecule has 0 aromatic heterocycles. The zero-order valence-corrected chi connectivity index (χ0v) is 9.71. The molecule has 1 atom stereocenters. The number of aryl methyl sites for hydroxylation is 1. The molecule has 0 spiro atoms. The van der Waals surface area contributed by atoms with Crippen LogP contribution in [0.3, 0.4) is 0 Å². The van der Waals surface area contributed by atoms with Gasteiger partial charge < -0.3 is 10.8 Å². The monoisotopic (exact) mass is 227 g/mol. The van der Waals surface area contributed by atoms with Gasteiger partial charge in [0.25, 0.3) is 0 Å². The topological polar surface area (TPSA) is 46.2 Å². The van der Waals surface area contributed by atoms with E-state index in [0.29, 0.717) is 6.42 Å². The number of benzene rings is 2. The number of aliphatic hydroxyl groups excluding tert-OH is 1. The third-order valence-corrected chi connectivity index (χ3v) is 2.84. The van der Waals surface area contributed by atoms with Crippen molar-refractivity contribution in [2.45, 2.75) is 18.9 Å². The molecule has 0 fully saturated rings. The molecular formula is C15H17NO. The highest BCUT2D eigenvalue weighted by atomic mass is 16.3. The molecule has 0 radical (unpaired) electrons. The Morgan fingerprint density at radius 1 is 1.00 bits per heavy atom. The molecule has 0 saturated heterocycles. The van der Waals surface area contributed by atoms with Gasteiger partial charge in [0.05, 0.1) is 6.10 Å². The first-order valence-electron chi connectivity index (χ1n) is 5.83. The Labute approximate surface area is 102 Å². The van der Waals surface area contributed by atoms with Gasteiger partial charge in [0, 0.05) is 5.69 Å². The standard InChI is InChI=1S/C15H17NO/c16-14-8-4-5-12(11-14)9-10-15(17)13-6-2-1-3-7-13/h1-8,11,15,17H,9-10,16H2. The summed E-state index contributed by atoms with van der Waals surface area (Å²) < 4.78 is 0. The fraction of sp³-hybridized carbons (Fsp3) is 0.200. The van der Waals surface area contributed by atoms with Gasteiger partial charge in [0.2, 0.25) is 0 Å². The van der Waals surface area contributed by atoms with Crippen LogP contribution < -0.4 is 5.73 Å². The highest BCUT2D eigenvalue weighted by Crippen LogP contribution is 2.19. The quantitative estimate of drug-likeness (QED) is 0.789. The van der Waals surface area contributed by atoms with Gasteiger partial charge in [-0.05, 0) is 36.1 Å². The first kappa shape index (κ1) is 11.7. The van der Waals surface area contributed by atoms with E-state index in [4.69, 9.17) is 5.73 Å². The van der Waals surface area contributed by atoms with Crippen LogP contribution in [0, 0.1) is 0 Å². The predicted molar refractivity (Wildman–Crippen MR) is 70.6 cm³/mol. The Hall–Kier alpha value is -1.80. The van der Waals surface area contributed by atoms with E-state index in [-0.39, 0.29) is 0 Å². The maximum Gasteiger partial charge on any atom is 0.0793 e. The molecule has 2 aromatic carbocycles. The van der Waals surface area contributed by atoms with Crippen LogP contribution in [-0.4, -0.2) is 5.11 Å². The Morgan fingerprint density at radius 3 is 2.47 bits per heavy atom. The van der Waals surface area contributed by atoms with E-state index in [1.54, 1.807) is 0 Å². The van der Waals surface area contributed by atoms with Crippen LogP contribution in [0.5, 0.6) is 0 Å². The largest absolute Gasteiger partial charge is 0.399 e. The summed E-state index contributed by atoms with van der Waals surface area (Å²) in [5, 5.41) is 10.0. The number of rotatable bonds is 4. The van der Waals surface area contributed by atoms with E-state index in [9.17, 15) is 5.11 Å². The van der Waals surface area contributed by atoms with Gasteiger partial charge in [-0.3, -0.25) is 0 Å². The number of hydrogen-bond donors (Lipinski definition) is 2. The van der Waals surface area contributed by atoms with Crippen LogP contribution in [-0.2, 0) is 6.42 Å². The summed E-state index contributed by atoms with van der Waals surface area (Å²) in [6.45, 7) is 0. The zero-order chi connectivity index (χ0) is 12.1. The molecule has 2 nitrogen and oxygen atoms in total. The van der Waals surface area contributed by atoms with E-state index < -0.39 is 6.10 Å². The van der Waals surface area contributed by atoms with Crippen molar-refractivity contribution >= 4 is 5.69 Å². The van der Waals surface area contributed by atoms with Gasteiger partial charge >= 0.3 is 0 Å². The molecule has 2 rings (SSSR count). The van der Waals surface area contributed by atoms with E-state index in [1.807, 2.05) is 54.6 Å². The highest BCUT2D eigenvalue weighted by molar-refractivity contribution is 5.40. The summed E-state index contributed by atoms with van der Waals surface area (Å²) in [5.41, 5.74) is 8.62. The van der Waals surface area contributed by atoms with Crippen molar-refractivity contribution in [2.24, 2.45) is 0 Å². The molecule has 2 heteroatoms. The first-order valence-corrected chi connectivity index (χ1v) is 5.83.